The summed E-state index contributed by atoms with van der Waals surface area (Å²) in [6, 6.07) is 2.77. The Morgan fingerprint density at radius 3 is 2.72 bits per heavy atom. The molecule has 0 bridgehead atoms. The van der Waals surface area contributed by atoms with Crippen LogP contribution >= 0.6 is 11.3 Å². The van der Waals surface area contributed by atoms with Crippen molar-refractivity contribution in [3.63, 3.8) is 0 Å². The number of thiazole rings is 1. The normalized spacial score (nSPS) is 27.5. The van der Waals surface area contributed by atoms with Crippen molar-refractivity contribution in [2.75, 3.05) is 25.1 Å². The first kappa shape index (κ1) is 21.0. The van der Waals surface area contributed by atoms with Crippen molar-refractivity contribution in [2.24, 2.45) is 5.92 Å². The Morgan fingerprint density at radius 1 is 1.22 bits per heavy atom. The first-order chi connectivity index (χ1) is 15.3. The van der Waals surface area contributed by atoms with E-state index in [1.54, 1.807) is 16.9 Å². The number of hydrogen-bond donors (Lipinski definition) is 1. The molecule has 1 aromatic heterocycles. The van der Waals surface area contributed by atoms with Crippen LogP contribution in [0.5, 0.6) is 5.75 Å². The maximum absolute atomic E-state index is 13.3. The van der Waals surface area contributed by atoms with Gasteiger partial charge in [-0.1, -0.05) is 24.3 Å². The van der Waals surface area contributed by atoms with Crippen molar-refractivity contribution in [1.29, 1.82) is 0 Å². The van der Waals surface area contributed by atoms with Crippen molar-refractivity contribution in [2.45, 2.75) is 51.2 Å². The number of likely N-dealkylation sites (tertiary alicyclic amines) is 2. The van der Waals surface area contributed by atoms with Crippen LogP contribution in [-0.2, 0) is 9.59 Å². The number of carboxylic acid groups (broad SMARTS) is 1. The van der Waals surface area contributed by atoms with Crippen molar-refractivity contribution >= 4 is 44.6 Å². The summed E-state index contributed by atoms with van der Waals surface area (Å²) in [4.78, 5) is 47.7. The quantitative estimate of drug-likeness (QED) is 0.759. The molecule has 5 rings (SSSR count). The highest BCUT2D eigenvalue weighted by Gasteiger charge is 2.55. The topological polar surface area (TPSA) is 103 Å². The van der Waals surface area contributed by atoms with Crippen LogP contribution in [0.1, 0.15) is 31.7 Å². The summed E-state index contributed by atoms with van der Waals surface area (Å²) in [5.41, 5.74) is 1.81. The SMILES string of the molecule is COc1ccc(C)c2sc(N3C(=O)[C@@H](C)[C@@H]4[C@@H]3CCN4C(=O)[C@@H]3CCCN3C(=O)O)nc12. The van der Waals surface area contributed by atoms with E-state index in [4.69, 9.17) is 9.72 Å². The fraction of sp³-hybridized carbons (Fsp3) is 0.545. The minimum absolute atomic E-state index is 0.0466. The first-order valence-corrected chi connectivity index (χ1v) is 11.7. The summed E-state index contributed by atoms with van der Waals surface area (Å²) in [6.07, 6.45) is 0.797. The lowest BCUT2D eigenvalue weighted by Gasteiger charge is -2.31. The molecule has 170 valence electrons. The highest BCUT2D eigenvalue weighted by Crippen LogP contribution is 2.44. The Kier molecular flexibility index (Phi) is 4.99. The molecule has 4 atom stereocenters. The molecule has 0 spiro atoms. The van der Waals surface area contributed by atoms with Crippen molar-refractivity contribution in [1.82, 2.24) is 14.8 Å². The standard InChI is InChI=1S/C22H26N4O5S/c1-11-6-7-15(31-3)16-18(11)32-21(23-16)26-13-8-10-25(17(13)12(2)19(26)27)20(28)14-5-4-9-24(14)22(29)30/h6-7,12-14,17H,4-5,8-10H2,1-3H3,(H,29,30)/t12-,13-,14-,17+/m0/s1. The highest BCUT2D eigenvalue weighted by molar-refractivity contribution is 7.22. The van der Waals surface area contributed by atoms with Crippen LogP contribution in [-0.4, -0.2) is 76.1 Å². The zero-order valence-electron chi connectivity index (χ0n) is 18.3. The Hall–Kier alpha value is -2.88. The van der Waals surface area contributed by atoms with Gasteiger partial charge in [-0.15, -0.1) is 0 Å². The monoisotopic (exact) mass is 458 g/mol. The van der Waals surface area contributed by atoms with Crippen LogP contribution in [0.3, 0.4) is 0 Å². The smallest absolute Gasteiger partial charge is 0.407 e. The summed E-state index contributed by atoms with van der Waals surface area (Å²) < 4.78 is 6.45. The fourth-order valence-corrected chi connectivity index (χ4v) is 6.63. The van der Waals surface area contributed by atoms with E-state index in [2.05, 4.69) is 0 Å². The zero-order chi connectivity index (χ0) is 22.7. The number of aryl methyl sites for hydroxylation is 1. The second-order valence-electron chi connectivity index (χ2n) is 8.77. The number of benzene rings is 1. The molecule has 3 fully saturated rings. The first-order valence-electron chi connectivity index (χ1n) is 10.9. The molecule has 3 aliphatic rings. The second-order valence-corrected chi connectivity index (χ2v) is 9.75. The van der Waals surface area contributed by atoms with E-state index in [9.17, 15) is 19.5 Å². The number of hydrogen-bond acceptors (Lipinski definition) is 6. The van der Waals surface area contributed by atoms with E-state index in [0.717, 1.165) is 15.8 Å². The fourth-order valence-electron chi connectivity index (χ4n) is 5.52. The van der Waals surface area contributed by atoms with Crippen LogP contribution in [0.2, 0.25) is 0 Å². The molecule has 0 radical (unpaired) electrons. The Morgan fingerprint density at radius 2 is 2.00 bits per heavy atom. The predicted molar refractivity (Wildman–Crippen MR) is 119 cm³/mol. The van der Waals surface area contributed by atoms with Crippen LogP contribution in [0, 0.1) is 12.8 Å². The van der Waals surface area contributed by atoms with Gasteiger partial charge in [-0.05, 0) is 37.8 Å². The van der Waals surface area contributed by atoms with Gasteiger partial charge in [-0.3, -0.25) is 19.4 Å². The number of aromatic nitrogens is 1. The van der Waals surface area contributed by atoms with E-state index in [0.29, 0.717) is 43.2 Å². The van der Waals surface area contributed by atoms with E-state index < -0.39 is 12.1 Å². The number of carbonyl (C=O) groups is 3. The Bertz CT molecular complexity index is 1120. The Labute approximate surface area is 189 Å². The van der Waals surface area contributed by atoms with Gasteiger partial charge in [0.05, 0.1) is 29.8 Å². The lowest BCUT2D eigenvalue weighted by molar-refractivity contribution is -0.137. The summed E-state index contributed by atoms with van der Waals surface area (Å²) in [5, 5.41) is 10.1. The predicted octanol–water partition coefficient (Wildman–Crippen LogP) is 2.71. The molecule has 3 saturated heterocycles. The third-order valence-electron chi connectivity index (χ3n) is 7.08. The van der Waals surface area contributed by atoms with E-state index in [1.165, 1.54) is 16.2 Å². The largest absolute Gasteiger partial charge is 0.494 e. The van der Waals surface area contributed by atoms with Crippen LogP contribution in [0.15, 0.2) is 12.1 Å². The number of nitrogens with zero attached hydrogens (tertiary/aromatic N) is 4. The van der Waals surface area contributed by atoms with E-state index in [1.807, 2.05) is 26.0 Å². The minimum atomic E-state index is -1.06. The molecule has 10 heteroatoms. The zero-order valence-corrected chi connectivity index (χ0v) is 19.1. The van der Waals surface area contributed by atoms with Gasteiger partial charge in [-0.2, -0.15) is 0 Å². The van der Waals surface area contributed by atoms with Gasteiger partial charge in [0.15, 0.2) is 5.13 Å². The molecule has 0 aliphatic carbocycles. The molecule has 1 aromatic carbocycles. The third-order valence-corrected chi connectivity index (χ3v) is 8.27. The molecular weight excluding hydrogens is 432 g/mol. The second kappa shape index (κ2) is 7.61. The minimum Gasteiger partial charge on any atom is -0.494 e. The molecule has 9 nitrogen and oxygen atoms in total. The number of fused-ring (bicyclic) bond motifs is 2. The van der Waals surface area contributed by atoms with Crippen molar-refractivity contribution in [3.8, 4) is 5.75 Å². The van der Waals surface area contributed by atoms with Gasteiger partial charge in [0.2, 0.25) is 11.8 Å². The van der Waals surface area contributed by atoms with Crippen LogP contribution < -0.4 is 9.64 Å². The van der Waals surface area contributed by atoms with Crippen molar-refractivity contribution in [3.05, 3.63) is 17.7 Å². The summed E-state index contributed by atoms with van der Waals surface area (Å²) in [5.74, 6) is 0.0686. The Balaban J connectivity index is 1.47. The van der Waals surface area contributed by atoms with Gasteiger partial charge in [0.1, 0.15) is 17.3 Å². The summed E-state index contributed by atoms with van der Waals surface area (Å²) in [7, 11) is 1.60. The maximum atomic E-state index is 13.3. The van der Waals surface area contributed by atoms with Gasteiger partial charge >= 0.3 is 6.09 Å². The van der Waals surface area contributed by atoms with E-state index in [-0.39, 0.29) is 29.8 Å². The molecule has 4 heterocycles. The molecule has 0 unspecified atom stereocenters. The third kappa shape index (κ3) is 2.96. The number of methoxy groups -OCH3 is 1. The molecule has 3 amide bonds. The number of ether oxygens (including phenoxy) is 1. The van der Waals surface area contributed by atoms with Gasteiger partial charge in [0.25, 0.3) is 0 Å². The molecule has 32 heavy (non-hydrogen) atoms. The van der Waals surface area contributed by atoms with Crippen LogP contribution in [0.25, 0.3) is 10.2 Å². The number of carbonyl (C=O) groups excluding carboxylic acids is 2. The molecule has 1 N–H and O–H groups in total. The lowest BCUT2D eigenvalue weighted by Crippen LogP contribution is -2.51. The van der Waals surface area contributed by atoms with Crippen LogP contribution in [0.4, 0.5) is 9.93 Å². The average molecular weight is 459 g/mol. The summed E-state index contributed by atoms with van der Waals surface area (Å²) in [6.45, 7) is 4.75. The molecule has 3 aliphatic heterocycles. The highest BCUT2D eigenvalue weighted by atomic mass is 32.1. The molecular formula is C22H26N4O5S. The van der Waals surface area contributed by atoms with Crippen molar-refractivity contribution < 1.29 is 24.2 Å². The average Bonchev–Trinajstić information content (AvgIpc) is 3.53. The molecule has 2 aromatic rings. The van der Waals surface area contributed by atoms with Gasteiger partial charge in [0, 0.05) is 13.1 Å². The lowest BCUT2D eigenvalue weighted by atomic mass is 10.0. The number of amides is 3. The molecule has 0 saturated carbocycles. The summed E-state index contributed by atoms with van der Waals surface area (Å²) >= 11 is 1.47. The number of anilines is 1. The van der Waals surface area contributed by atoms with Gasteiger partial charge < -0.3 is 14.7 Å². The maximum Gasteiger partial charge on any atom is 0.407 e. The van der Waals surface area contributed by atoms with E-state index >= 15 is 0 Å². The van der Waals surface area contributed by atoms with Gasteiger partial charge in [-0.25, -0.2) is 9.78 Å². The number of rotatable bonds is 3.